The van der Waals surface area contributed by atoms with Crippen molar-refractivity contribution in [3.05, 3.63) is 57.9 Å². The Balaban J connectivity index is 0.00000240. The highest BCUT2D eigenvalue weighted by Crippen LogP contribution is 2.14. The smallest absolute Gasteiger partial charge is 0.271 e. The number of nitrogens with zero attached hydrogens (tertiary/aromatic N) is 4. The van der Waals surface area contributed by atoms with E-state index in [9.17, 15) is 9.18 Å². The summed E-state index contributed by atoms with van der Waals surface area (Å²) in [5.74, 6) is -0.738. The minimum Gasteiger partial charge on any atom is -0.487 e. The lowest BCUT2D eigenvalue weighted by molar-refractivity contribution is 0.0942. The molecule has 168 valence electrons. The van der Waals surface area contributed by atoms with Gasteiger partial charge in [-0.05, 0) is 59.5 Å². The van der Waals surface area contributed by atoms with E-state index in [1.807, 2.05) is 25.1 Å². The molecule has 0 unspecified atom stereocenters. The maximum atomic E-state index is 13.5. The molecule has 0 saturated heterocycles. The highest BCUT2D eigenvalue weighted by atomic mass is 131. The molecule has 2 heterocycles. The van der Waals surface area contributed by atoms with Gasteiger partial charge in [0.25, 0.3) is 11.9 Å². The van der Waals surface area contributed by atoms with Crippen LogP contribution in [0.2, 0.25) is 0 Å². The van der Waals surface area contributed by atoms with Gasteiger partial charge in [0.05, 0.1) is 17.2 Å². The van der Waals surface area contributed by atoms with Gasteiger partial charge < -0.3 is 10.1 Å². The van der Waals surface area contributed by atoms with Crippen LogP contribution >= 0.6 is 47.4 Å². The van der Waals surface area contributed by atoms with Gasteiger partial charge in [-0.3, -0.25) is 14.7 Å². The molecular weight excluding hydrogens is 563 g/mol. The summed E-state index contributed by atoms with van der Waals surface area (Å²) in [6.07, 6.45) is 2.87. The van der Waals surface area contributed by atoms with Crippen LogP contribution in [0, 0.1) is 9.52 Å². The second-order valence-corrected chi connectivity index (χ2v) is 7.46. The molecule has 0 saturated carbocycles. The Labute approximate surface area is 206 Å². The fourth-order valence-corrected chi connectivity index (χ4v) is 3.18. The average molecular weight is 586 g/mol. The standard InChI is InChI=1S/C20H21FIN5O2.2ClH/c1-2-27(10-11-29-18-4-3-7-23-19(18)21)9-8-24-20(28)17-13-25-16-12-14(22)5-6-15(16)26-17;;/h3-7,12-13H,2,8-11H2,1H3,(H,24,28);2*1H/i22+4;;. The van der Waals surface area contributed by atoms with E-state index in [1.165, 1.54) is 12.4 Å². The van der Waals surface area contributed by atoms with Gasteiger partial charge in [-0.15, -0.1) is 24.8 Å². The molecule has 1 N–H and O–H groups in total. The molecule has 1 amide bonds. The lowest BCUT2D eigenvalue weighted by atomic mass is 10.3. The van der Waals surface area contributed by atoms with Crippen LogP contribution in [0.25, 0.3) is 11.0 Å². The number of hydrogen-bond acceptors (Lipinski definition) is 6. The molecule has 3 rings (SSSR count). The quantitative estimate of drug-likeness (QED) is 0.304. The highest BCUT2D eigenvalue weighted by molar-refractivity contribution is 14.1. The monoisotopic (exact) mass is 585 g/mol. The summed E-state index contributed by atoms with van der Waals surface area (Å²) in [4.78, 5) is 26.7. The molecule has 0 aliphatic heterocycles. The van der Waals surface area contributed by atoms with E-state index in [-0.39, 0.29) is 42.2 Å². The van der Waals surface area contributed by atoms with Crippen molar-refractivity contribution in [3.63, 3.8) is 0 Å². The summed E-state index contributed by atoms with van der Waals surface area (Å²) >= 11 is 2.21. The Morgan fingerprint density at radius 2 is 2.00 bits per heavy atom. The summed E-state index contributed by atoms with van der Waals surface area (Å²) in [7, 11) is 0. The van der Waals surface area contributed by atoms with Crippen molar-refractivity contribution in [1.29, 1.82) is 0 Å². The van der Waals surface area contributed by atoms with Gasteiger partial charge in [0.15, 0.2) is 5.75 Å². The molecule has 0 spiro atoms. The average Bonchev–Trinajstić information content (AvgIpc) is 2.73. The Morgan fingerprint density at radius 1 is 1.19 bits per heavy atom. The van der Waals surface area contributed by atoms with Gasteiger partial charge in [-0.1, -0.05) is 6.92 Å². The van der Waals surface area contributed by atoms with Gasteiger partial charge in [-0.2, -0.15) is 4.39 Å². The zero-order chi connectivity index (χ0) is 20.6. The number of aromatic nitrogens is 3. The number of amides is 1. The number of rotatable bonds is 9. The van der Waals surface area contributed by atoms with E-state index in [2.05, 4.69) is 47.8 Å². The van der Waals surface area contributed by atoms with Crippen molar-refractivity contribution in [2.75, 3.05) is 32.8 Å². The molecule has 0 atom stereocenters. The third-order valence-electron chi connectivity index (χ3n) is 4.29. The normalized spacial score (nSPS) is 10.3. The largest absolute Gasteiger partial charge is 0.487 e. The van der Waals surface area contributed by atoms with Crippen molar-refractivity contribution < 1.29 is 13.9 Å². The third kappa shape index (κ3) is 7.99. The zero-order valence-electron chi connectivity index (χ0n) is 16.8. The lowest BCUT2D eigenvalue weighted by Gasteiger charge is -2.20. The lowest BCUT2D eigenvalue weighted by Crippen LogP contribution is -2.37. The Hall–Kier alpha value is -1.82. The molecule has 0 fully saturated rings. The Morgan fingerprint density at radius 3 is 2.74 bits per heavy atom. The van der Waals surface area contributed by atoms with Crippen molar-refractivity contribution in [3.8, 4) is 5.75 Å². The molecule has 7 nitrogen and oxygen atoms in total. The number of likely N-dealkylation sites (N-methyl/N-ethyl adjacent to an activating group) is 1. The number of pyridine rings is 1. The third-order valence-corrected chi connectivity index (χ3v) is 4.96. The Bertz CT molecular complexity index is 999. The van der Waals surface area contributed by atoms with E-state index in [0.717, 1.165) is 15.6 Å². The maximum Gasteiger partial charge on any atom is 0.271 e. The maximum absolute atomic E-state index is 13.5. The van der Waals surface area contributed by atoms with Crippen LogP contribution in [0.15, 0.2) is 42.7 Å². The van der Waals surface area contributed by atoms with E-state index in [0.29, 0.717) is 31.8 Å². The van der Waals surface area contributed by atoms with E-state index in [4.69, 9.17) is 4.74 Å². The van der Waals surface area contributed by atoms with Gasteiger partial charge in [0.1, 0.15) is 12.3 Å². The SMILES string of the molecule is CCN(CCNC(=O)c1cnc2cc([131I])ccc2n1)CCOc1cccnc1F.Cl.Cl. The van der Waals surface area contributed by atoms with Crippen LogP contribution in [0.3, 0.4) is 0 Å². The van der Waals surface area contributed by atoms with Crippen LogP contribution in [0.5, 0.6) is 5.75 Å². The second kappa shape index (κ2) is 13.6. The zero-order valence-corrected chi connectivity index (χ0v) is 20.5. The van der Waals surface area contributed by atoms with Gasteiger partial charge in [0.2, 0.25) is 0 Å². The number of carbonyl (C=O) groups excluding carboxylic acids is 1. The summed E-state index contributed by atoms with van der Waals surface area (Å²) < 4.78 is 20.0. The summed E-state index contributed by atoms with van der Waals surface area (Å²) in [6, 6.07) is 8.87. The van der Waals surface area contributed by atoms with Crippen molar-refractivity contribution in [1.82, 2.24) is 25.2 Å². The topological polar surface area (TPSA) is 80.2 Å². The second-order valence-electron chi connectivity index (χ2n) is 6.22. The molecule has 3 aromatic rings. The summed E-state index contributed by atoms with van der Waals surface area (Å²) in [5, 5.41) is 2.86. The van der Waals surface area contributed by atoms with Crippen LogP contribution in [-0.2, 0) is 0 Å². The summed E-state index contributed by atoms with van der Waals surface area (Å²) in [6.45, 7) is 4.83. The van der Waals surface area contributed by atoms with Crippen molar-refractivity contribution in [2.24, 2.45) is 0 Å². The molecule has 31 heavy (non-hydrogen) atoms. The van der Waals surface area contributed by atoms with Gasteiger partial charge in [0, 0.05) is 29.4 Å². The molecule has 0 bridgehead atoms. The molecule has 2 aromatic heterocycles. The summed E-state index contributed by atoms with van der Waals surface area (Å²) in [5.41, 5.74) is 1.74. The highest BCUT2D eigenvalue weighted by Gasteiger charge is 2.10. The number of hydrogen-bond donors (Lipinski definition) is 1. The number of halogens is 4. The molecular formula is C20H23Cl2FIN5O2. The first-order chi connectivity index (χ1) is 14.1. The van der Waals surface area contributed by atoms with Gasteiger partial charge >= 0.3 is 0 Å². The number of fused-ring (bicyclic) bond motifs is 1. The first-order valence-electron chi connectivity index (χ1n) is 9.23. The van der Waals surface area contributed by atoms with Crippen molar-refractivity contribution >= 4 is 64.3 Å². The van der Waals surface area contributed by atoms with E-state index >= 15 is 0 Å². The van der Waals surface area contributed by atoms with Crippen molar-refractivity contribution in [2.45, 2.75) is 6.92 Å². The number of carbonyl (C=O) groups is 1. The predicted octanol–water partition coefficient (Wildman–Crippen LogP) is 3.74. The number of nitrogens with one attached hydrogen (secondary N) is 1. The first kappa shape index (κ1) is 27.2. The Kier molecular flexibility index (Phi) is 11.9. The van der Waals surface area contributed by atoms with E-state index < -0.39 is 5.95 Å². The van der Waals surface area contributed by atoms with Crippen LogP contribution in [-0.4, -0.2) is 58.5 Å². The fraction of sp³-hybridized carbons (Fsp3) is 0.300. The first-order valence-corrected chi connectivity index (χ1v) is 10.3. The minimum atomic E-state index is -0.617. The molecule has 0 aliphatic rings. The number of ether oxygens (including phenoxy) is 1. The van der Waals surface area contributed by atoms with Gasteiger partial charge in [-0.25, -0.2) is 9.97 Å². The van der Waals surface area contributed by atoms with Crippen LogP contribution in [0.4, 0.5) is 4.39 Å². The fourth-order valence-electron chi connectivity index (χ4n) is 2.70. The molecule has 0 radical (unpaired) electrons. The van der Waals surface area contributed by atoms with Crippen LogP contribution < -0.4 is 10.1 Å². The molecule has 11 heteroatoms. The predicted molar refractivity (Wildman–Crippen MR) is 131 cm³/mol. The van der Waals surface area contributed by atoms with Crippen LogP contribution in [0.1, 0.15) is 17.4 Å². The minimum absolute atomic E-state index is 0. The molecule has 0 aliphatic carbocycles. The molecule has 1 aromatic carbocycles. The van der Waals surface area contributed by atoms with E-state index in [1.54, 1.807) is 12.1 Å². The number of benzene rings is 1.